The number of nitrogens with one attached hydrogen (secondary N) is 1. The quantitative estimate of drug-likeness (QED) is 0.626. The van der Waals surface area contributed by atoms with Gasteiger partial charge in [-0.3, -0.25) is 4.79 Å². The zero-order valence-corrected chi connectivity index (χ0v) is 10.0. The summed E-state index contributed by atoms with van der Waals surface area (Å²) in [7, 11) is 0. The predicted molar refractivity (Wildman–Crippen MR) is 62.2 cm³/mol. The molecule has 0 aliphatic carbocycles. The average Bonchev–Trinajstić information content (AvgIpc) is 2.28. The summed E-state index contributed by atoms with van der Waals surface area (Å²) < 4.78 is 0. The van der Waals surface area contributed by atoms with Gasteiger partial charge in [0.2, 0.25) is 0 Å². The van der Waals surface area contributed by atoms with Crippen LogP contribution in [0.15, 0.2) is 11.6 Å². The molecule has 3 N–H and O–H groups in total. The van der Waals surface area contributed by atoms with Gasteiger partial charge in [0.15, 0.2) is 0 Å². The molecule has 0 fully saturated rings. The molecule has 0 aromatic carbocycles. The largest absolute Gasteiger partial charge is 0.481 e. The van der Waals surface area contributed by atoms with Crippen molar-refractivity contribution in [3.63, 3.8) is 0 Å². The van der Waals surface area contributed by atoms with Crippen LogP contribution in [0.5, 0.6) is 0 Å². The number of hydrogen-bond donors (Lipinski definition) is 3. The van der Waals surface area contributed by atoms with Crippen molar-refractivity contribution in [2.45, 2.75) is 25.8 Å². The Bertz CT molecular complexity index is 391. The van der Waals surface area contributed by atoms with Crippen LogP contribution in [0.1, 0.15) is 19.8 Å². The minimum atomic E-state index is -1.40. The second-order valence-electron chi connectivity index (χ2n) is 4.18. The Hall–Kier alpha value is -2.05. The maximum atomic E-state index is 11.7. The monoisotopic (exact) mass is 256 g/mol. The summed E-state index contributed by atoms with van der Waals surface area (Å²) >= 11 is 0. The first-order chi connectivity index (χ1) is 8.40. The summed E-state index contributed by atoms with van der Waals surface area (Å²) in [5, 5.41) is 19.6. The van der Waals surface area contributed by atoms with Crippen molar-refractivity contribution in [1.29, 1.82) is 0 Å². The van der Waals surface area contributed by atoms with Gasteiger partial charge in [0.25, 0.3) is 0 Å². The van der Waals surface area contributed by atoms with Crippen LogP contribution >= 0.6 is 0 Å². The number of carbonyl (C=O) groups is 3. The van der Waals surface area contributed by atoms with Crippen molar-refractivity contribution in [3.05, 3.63) is 11.6 Å². The third-order valence-electron chi connectivity index (χ3n) is 2.70. The number of carboxylic acid groups (broad SMARTS) is 2. The highest BCUT2D eigenvalue weighted by molar-refractivity contribution is 5.86. The van der Waals surface area contributed by atoms with Crippen LogP contribution in [0.25, 0.3) is 0 Å². The van der Waals surface area contributed by atoms with Crippen molar-refractivity contribution < 1.29 is 24.6 Å². The molecule has 18 heavy (non-hydrogen) atoms. The molecule has 0 aromatic heterocycles. The Balaban J connectivity index is 2.56. The maximum absolute atomic E-state index is 11.7. The number of carbonyl (C=O) groups excluding carboxylic acids is 1. The van der Waals surface area contributed by atoms with E-state index in [0.717, 1.165) is 6.42 Å². The highest BCUT2D eigenvalue weighted by Crippen LogP contribution is 2.09. The molecule has 1 rings (SSSR count). The second-order valence-corrected chi connectivity index (χ2v) is 4.18. The fraction of sp³-hybridized carbons (Fsp3) is 0.545. The molecule has 0 saturated carbocycles. The second kappa shape index (κ2) is 6.04. The number of nitrogens with zero attached hydrogens (tertiary/aromatic N) is 1. The zero-order valence-electron chi connectivity index (χ0n) is 10.0. The standard InChI is InChI=1S/C11H16N2O5/c1-7-2-4-13(5-3-7)11(18)12-8(10(16)17)6-9(14)15/h2,8H,3-6H2,1H3,(H,12,18)(H,14,15)(H,16,17)/t8-/m1/s1. The summed E-state index contributed by atoms with van der Waals surface area (Å²) in [5.74, 6) is -2.62. The van der Waals surface area contributed by atoms with Gasteiger partial charge in [-0.1, -0.05) is 11.6 Å². The Morgan fingerprint density at radius 1 is 1.44 bits per heavy atom. The van der Waals surface area contributed by atoms with Gasteiger partial charge in [0, 0.05) is 13.1 Å². The van der Waals surface area contributed by atoms with E-state index in [-0.39, 0.29) is 0 Å². The first-order valence-electron chi connectivity index (χ1n) is 5.56. The van der Waals surface area contributed by atoms with Crippen LogP contribution in [0, 0.1) is 0 Å². The van der Waals surface area contributed by atoms with E-state index in [1.54, 1.807) is 0 Å². The zero-order chi connectivity index (χ0) is 13.7. The van der Waals surface area contributed by atoms with E-state index in [4.69, 9.17) is 10.2 Å². The van der Waals surface area contributed by atoms with E-state index in [2.05, 4.69) is 5.32 Å². The highest BCUT2D eigenvalue weighted by Gasteiger charge is 2.25. The average molecular weight is 256 g/mol. The Labute approximate surface area is 104 Å². The number of rotatable bonds is 4. The molecule has 0 saturated heterocycles. The van der Waals surface area contributed by atoms with Crippen LogP contribution in [0.2, 0.25) is 0 Å². The number of aliphatic carboxylic acids is 2. The molecule has 0 spiro atoms. The van der Waals surface area contributed by atoms with Crippen LogP contribution in [0.3, 0.4) is 0 Å². The molecule has 0 radical (unpaired) electrons. The Morgan fingerprint density at radius 3 is 2.56 bits per heavy atom. The molecule has 7 heteroatoms. The van der Waals surface area contributed by atoms with Crippen LogP contribution in [-0.4, -0.2) is 52.2 Å². The fourth-order valence-electron chi connectivity index (χ4n) is 1.57. The Kier molecular flexibility index (Phi) is 4.70. The molecule has 1 atom stereocenters. The van der Waals surface area contributed by atoms with Crippen molar-refractivity contribution >= 4 is 18.0 Å². The highest BCUT2D eigenvalue weighted by atomic mass is 16.4. The van der Waals surface area contributed by atoms with Gasteiger partial charge in [0.1, 0.15) is 6.04 Å². The molecule has 0 unspecified atom stereocenters. The van der Waals surface area contributed by atoms with Gasteiger partial charge in [0.05, 0.1) is 6.42 Å². The topological polar surface area (TPSA) is 107 Å². The van der Waals surface area contributed by atoms with Crippen molar-refractivity contribution in [1.82, 2.24) is 10.2 Å². The summed E-state index contributed by atoms with van der Waals surface area (Å²) in [6, 6.07) is -1.95. The Morgan fingerprint density at radius 2 is 2.11 bits per heavy atom. The van der Waals surface area contributed by atoms with Crippen molar-refractivity contribution in [2.75, 3.05) is 13.1 Å². The predicted octanol–water partition coefficient (Wildman–Crippen LogP) is 0.276. The molecule has 7 nitrogen and oxygen atoms in total. The number of hydrogen-bond acceptors (Lipinski definition) is 3. The fourth-order valence-corrected chi connectivity index (χ4v) is 1.57. The van der Waals surface area contributed by atoms with E-state index in [1.165, 1.54) is 10.5 Å². The molecule has 1 heterocycles. The molecule has 0 bridgehead atoms. The van der Waals surface area contributed by atoms with Gasteiger partial charge in [-0.25, -0.2) is 9.59 Å². The van der Waals surface area contributed by atoms with Crippen LogP contribution < -0.4 is 5.32 Å². The third-order valence-corrected chi connectivity index (χ3v) is 2.70. The molecular formula is C11H16N2O5. The minimum Gasteiger partial charge on any atom is -0.481 e. The minimum absolute atomic E-state index is 0.414. The van der Waals surface area contributed by atoms with Crippen molar-refractivity contribution in [2.24, 2.45) is 0 Å². The lowest BCUT2D eigenvalue weighted by molar-refractivity contribution is -0.145. The normalized spacial score (nSPS) is 16.7. The molecule has 1 aliphatic heterocycles. The molecule has 0 aromatic rings. The van der Waals surface area contributed by atoms with Gasteiger partial charge < -0.3 is 20.4 Å². The maximum Gasteiger partial charge on any atom is 0.326 e. The number of urea groups is 1. The summed E-state index contributed by atoms with van der Waals surface area (Å²) in [6.45, 7) is 2.88. The van der Waals surface area contributed by atoms with E-state index in [0.29, 0.717) is 13.1 Å². The van der Waals surface area contributed by atoms with E-state index < -0.39 is 30.4 Å². The van der Waals surface area contributed by atoms with Gasteiger partial charge in [-0.15, -0.1) is 0 Å². The first kappa shape index (κ1) is 14.0. The van der Waals surface area contributed by atoms with Gasteiger partial charge in [-0.2, -0.15) is 0 Å². The lowest BCUT2D eigenvalue weighted by atomic mass is 10.1. The van der Waals surface area contributed by atoms with E-state index in [1.807, 2.05) is 13.0 Å². The summed E-state index contributed by atoms with van der Waals surface area (Å²) in [6.07, 6.45) is 1.99. The molecular weight excluding hydrogens is 240 g/mol. The van der Waals surface area contributed by atoms with E-state index in [9.17, 15) is 14.4 Å². The van der Waals surface area contributed by atoms with Crippen LogP contribution in [0.4, 0.5) is 4.79 Å². The summed E-state index contributed by atoms with van der Waals surface area (Å²) in [5.41, 5.74) is 1.18. The van der Waals surface area contributed by atoms with Crippen LogP contribution in [-0.2, 0) is 9.59 Å². The van der Waals surface area contributed by atoms with E-state index >= 15 is 0 Å². The lowest BCUT2D eigenvalue weighted by Gasteiger charge is -2.27. The van der Waals surface area contributed by atoms with Gasteiger partial charge >= 0.3 is 18.0 Å². The molecule has 1 aliphatic rings. The lowest BCUT2D eigenvalue weighted by Crippen LogP contribution is -2.49. The van der Waals surface area contributed by atoms with Crippen molar-refractivity contribution in [3.8, 4) is 0 Å². The SMILES string of the molecule is CC1=CCN(C(=O)N[C@H](CC(=O)O)C(=O)O)CC1. The molecule has 2 amide bonds. The third kappa shape index (κ3) is 4.08. The molecule has 100 valence electrons. The number of carboxylic acids is 2. The van der Waals surface area contributed by atoms with Gasteiger partial charge in [-0.05, 0) is 13.3 Å². The first-order valence-corrected chi connectivity index (χ1v) is 5.56. The summed E-state index contributed by atoms with van der Waals surface area (Å²) in [4.78, 5) is 34.5. The smallest absolute Gasteiger partial charge is 0.326 e. The number of amides is 2.